The fourth-order valence-electron chi connectivity index (χ4n) is 8.73. The quantitative estimate of drug-likeness (QED) is 0.162. The summed E-state index contributed by atoms with van der Waals surface area (Å²) >= 11 is 0. The molecule has 0 heterocycles. The van der Waals surface area contributed by atoms with Crippen molar-refractivity contribution in [3.05, 3.63) is 212 Å². The van der Waals surface area contributed by atoms with Crippen molar-refractivity contribution in [3.63, 3.8) is 0 Å². The van der Waals surface area contributed by atoms with E-state index in [0.717, 1.165) is 17.1 Å². The number of benzene rings is 11. The minimum Gasteiger partial charge on any atom is -0.310 e. The highest BCUT2D eigenvalue weighted by atomic mass is 15.1. The largest absolute Gasteiger partial charge is 0.310 e. The third kappa shape index (κ3) is 5.24. The first-order valence-corrected chi connectivity index (χ1v) is 19.0. The van der Waals surface area contributed by atoms with Gasteiger partial charge in [0.2, 0.25) is 0 Å². The number of hydrogen-bond acceptors (Lipinski definition) is 1. The van der Waals surface area contributed by atoms with Gasteiger partial charge in [0, 0.05) is 17.1 Å². The monoisotopic (exact) mass is 697 g/mol. The average molecular weight is 698 g/mol. The van der Waals surface area contributed by atoms with Gasteiger partial charge in [0.05, 0.1) is 0 Å². The Bertz CT molecular complexity index is 3210. The number of hydrogen-bond donors (Lipinski definition) is 0. The maximum Gasteiger partial charge on any atom is 0.0468 e. The second-order valence-corrected chi connectivity index (χ2v) is 14.5. The van der Waals surface area contributed by atoms with E-state index in [-0.39, 0.29) is 0 Å². The molecule has 11 aromatic carbocycles. The van der Waals surface area contributed by atoms with Gasteiger partial charge in [0.15, 0.2) is 0 Å². The van der Waals surface area contributed by atoms with Crippen LogP contribution in [0.5, 0.6) is 0 Å². The summed E-state index contributed by atoms with van der Waals surface area (Å²) in [5.74, 6) is 0. The minimum atomic E-state index is 1.11. The van der Waals surface area contributed by atoms with Crippen LogP contribution in [0.4, 0.5) is 17.1 Å². The second kappa shape index (κ2) is 12.7. The van der Waals surface area contributed by atoms with Gasteiger partial charge in [-0.25, -0.2) is 0 Å². The Hall–Kier alpha value is -7.22. The van der Waals surface area contributed by atoms with Gasteiger partial charge in [-0.3, -0.25) is 0 Å². The van der Waals surface area contributed by atoms with E-state index in [1.807, 2.05) is 0 Å². The van der Waals surface area contributed by atoms with Crippen molar-refractivity contribution in [3.8, 4) is 22.3 Å². The van der Waals surface area contributed by atoms with E-state index < -0.39 is 0 Å². The topological polar surface area (TPSA) is 3.24 Å². The number of rotatable bonds is 5. The first kappa shape index (κ1) is 31.3. The molecule has 1 heteroatoms. The fourth-order valence-corrected chi connectivity index (χ4v) is 8.73. The van der Waals surface area contributed by atoms with Crippen LogP contribution in [-0.2, 0) is 0 Å². The molecule has 0 unspecified atom stereocenters. The average Bonchev–Trinajstić information content (AvgIpc) is 3.26. The van der Waals surface area contributed by atoms with Crippen molar-refractivity contribution >= 4 is 81.7 Å². The van der Waals surface area contributed by atoms with Gasteiger partial charge < -0.3 is 4.90 Å². The molecule has 0 fully saturated rings. The molecule has 55 heavy (non-hydrogen) atoms. The van der Waals surface area contributed by atoms with Crippen LogP contribution in [-0.4, -0.2) is 0 Å². The van der Waals surface area contributed by atoms with Crippen molar-refractivity contribution in [1.29, 1.82) is 0 Å². The first-order chi connectivity index (χ1) is 27.3. The summed E-state index contributed by atoms with van der Waals surface area (Å²) in [4.78, 5) is 2.41. The molecule has 0 amide bonds. The Morgan fingerprint density at radius 2 is 0.618 bits per heavy atom. The maximum absolute atomic E-state index is 2.41. The number of fused-ring (bicyclic) bond motifs is 10. The SMILES string of the molecule is c1ccc2c(-c3ccc(-c4ccc(N(c5ccc6ccc7ccccc7c6c5)c5ccc6c7ccccc7c7ccccc7c6c5)cc4)cc3)cccc2c1. The standard InChI is InChI=1S/C54H35N/c1-3-13-45-38(10-1)12-9-19-46(45)40-22-20-36(21-23-40)37-26-29-42(30-27-37)55(43-31-28-41-25-24-39-11-2-4-14-47(39)53(41)34-43)44-32-33-52-50-17-6-5-15-48(50)49-16-7-8-18-51(49)54(52)35-44/h1-35H. The first-order valence-electron chi connectivity index (χ1n) is 19.0. The van der Waals surface area contributed by atoms with Crippen LogP contribution in [0.2, 0.25) is 0 Å². The molecule has 0 aliphatic heterocycles. The van der Waals surface area contributed by atoms with Crippen LogP contribution >= 0.6 is 0 Å². The fraction of sp³-hybridized carbons (Fsp3) is 0. The summed E-state index contributed by atoms with van der Waals surface area (Å²) in [6.45, 7) is 0. The van der Waals surface area contributed by atoms with Crippen molar-refractivity contribution in [1.82, 2.24) is 0 Å². The molecule has 0 aliphatic carbocycles. The Morgan fingerprint density at radius 3 is 1.27 bits per heavy atom. The summed E-state index contributed by atoms with van der Waals surface area (Å²) in [5, 5.41) is 15.2. The van der Waals surface area contributed by atoms with Crippen LogP contribution < -0.4 is 4.90 Å². The third-order valence-electron chi connectivity index (χ3n) is 11.4. The molecule has 0 saturated heterocycles. The molecule has 0 saturated carbocycles. The lowest BCUT2D eigenvalue weighted by Crippen LogP contribution is -2.10. The van der Waals surface area contributed by atoms with Crippen LogP contribution in [0.25, 0.3) is 86.9 Å². The van der Waals surface area contributed by atoms with Crippen molar-refractivity contribution in [2.45, 2.75) is 0 Å². The minimum absolute atomic E-state index is 1.11. The van der Waals surface area contributed by atoms with Crippen LogP contribution in [0.15, 0.2) is 212 Å². The molecular formula is C54H35N. The normalized spacial score (nSPS) is 11.6. The summed E-state index contributed by atoms with van der Waals surface area (Å²) in [6.07, 6.45) is 0. The Morgan fingerprint density at radius 1 is 0.218 bits per heavy atom. The Balaban J connectivity index is 1.05. The van der Waals surface area contributed by atoms with Gasteiger partial charge in [-0.15, -0.1) is 0 Å². The molecule has 11 aromatic rings. The van der Waals surface area contributed by atoms with Crippen LogP contribution in [0, 0.1) is 0 Å². The Kier molecular flexibility index (Phi) is 7.25. The van der Waals surface area contributed by atoms with Crippen molar-refractivity contribution in [2.75, 3.05) is 4.90 Å². The summed E-state index contributed by atoms with van der Waals surface area (Å²) in [5.41, 5.74) is 8.23. The lowest BCUT2D eigenvalue weighted by molar-refractivity contribution is 1.30. The van der Waals surface area contributed by atoms with E-state index in [9.17, 15) is 0 Å². The highest BCUT2D eigenvalue weighted by molar-refractivity contribution is 6.26. The molecule has 0 atom stereocenters. The zero-order valence-electron chi connectivity index (χ0n) is 30.2. The number of anilines is 3. The highest BCUT2D eigenvalue weighted by Gasteiger charge is 2.17. The van der Waals surface area contributed by atoms with E-state index in [1.54, 1.807) is 0 Å². The smallest absolute Gasteiger partial charge is 0.0468 e. The van der Waals surface area contributed by atoms with Crippen molar-refractivity contribution in [2.24, 2.45) is 0 Å². The molecule has 1 nitrogen and oxygen atoms in total. The van der Waals surface area contributed by atoms with Gasteiger partial charge >= 0.3 is 0 Å². The zero-order valence-corrected chi connectivity index (χ0v) is 30.2. The third-order valence-corrected chi connectivity index (χ3v) is 11.4. The number of nitrogens with zero attached hydrogens (tertiary/aromatic N) is 1. The van der Waals surface area contributed by atoms with Crippen molar-refractivity contribution < 1.29 is 0 Å². The van der Waals surface area contributed by atoms with E-state index in [4.69, 9.17) is 0 Å². The molecule has 0 spiro atoms. The van der Waals surface area contributed by atoms with Gasteiger partial charge in [0.1, 0.15) is 0 Å². The molecule has 11 rings (SSSR count). The molecule has 256 valence electrons. The van der Waals surface area contributed by atoms with Crippen LogP contribution in [0.1, 0.15) is 0 Å². The lowest BCUT2D eigenvalue weighted by atomic mass is 9.94. The molecule has 0 aromatic heterocycles. The van der Waals surface area contributed by atoms with Gasteiger partial charge in [-0.1, -0.05) is 176 Å². The van der Waals surface area contributed by atoms with Gasteiger partial charge in [-0.05, 0) is 123 Å². The molecule has 0 radical (unpaired) electrons. The van der Waals surface area contributed by atoms with E-state index >= 15 is 0 Å². The summed E-state index contributed by atoms with van der Waals surface area (Å²) < 4.78 is 0. The second-order valence-electron chi connectivity index (χ2n) is 14.5. The summed E-state index contributed by atoms with van der Waals surface area (Å²) in [7, 11) is 0. The Labute approximate surface area is 320 Å². The lowest BCUT2D eigenvalue weighted by Gasteiger charge is -2.27. The zero-order chi connectivity index (χ0) is 36.3. The molecule has 0 aliphatic rings. The molecule has 0 bridgehead atoms. The highest BCUT2D eigenvalue weighted by Crippen LogP contribution is 2.42. The van der Waals surface area contributed by atoms with Crippen LogP contribution in [0.3, 0.4) is 0 Å². The van der Waals surface area contributed by atoms with E-state index in [2.05, 4.69) is 217 Å². The van der Waals surface area contributed by atoms with E-state index in [0.29, 0.717) is 0 Å². The molecule has 0 N–H and O–H groups in total. The van der Waals surface area contributed by atoms with Gasteiger partial charge in [-0.2, -0.15) is 0 Å². The maximum atomic E-state index is 2.41. The molecular weight excluding hydrogens is 663 g/mol. The summed E-state index contributed by atoms with van der Waals surface area (Å²) in [6, 6.07) is 77.8. The predicted octanol–water partition coefficient (Wildman–Crippen LogP) is 15.4. The van der Waals surface area contributed by atoms with E-state index in [1.165, 1.54) is 86.9 Å². The predicted molar refractivity (Wildman–Crippen MR) is 237 cm³/mol. The van der Waals surface area contributed by atoms with Gasteiger partial charge in [0.25, 0.3) is 0 Å².